The first-order valence-corrected chi connectivity index (χ1v) is 9.89. The van der Waals surface area contributed by atoms with Crippen LogP contribution < -0.4 is 0 Å². The van der Waals surface area contributed by atoms with Gasteiger partial charge in [-0.3, -0.25) is 15.1 Å². The largest absolute Gasteiger partial charge is 0.506 e. The molecule has 7 nitrogen and oxygen atoms in total. The third-order valence-electron chi connectivity index (χ3n) is 3.97. The molecule has 0 aromatic heterocycles. The Kier molecular flexibility index (Phi) is 7.02. The third kappa shape index (κ3) is 5.45. The molecule has 0 unspecified atom stereocenters. The Morgan fingerprint density at radius 3 is 1.84 bits per heavy atom. The molecule has 11 heteroatoms. The van der Waals surface area contributed by atoms with E-state index in [-0.39, 0.29) is 54.8 Å². The fraction of sp³-hybridized carbons (Fsp3) is 0. The number of aromatic hydroxyl groups is 2. The smallest absolute Gasteiger partial charge is 0.296 e. The van der Waals surface area contributed by atoms with Gasteiger partial charge in [0.25, 0.3) is 5.69 Å². The molecule has 3 aromatic carbocycles. The Labute approximate surface area is 196 Å². The second-order valence-electron chi connectivity index (χ2n) is 6.10. The van der Waals surface area contributed by atoms with Crippen LogP contribution in [0.2, 0.25) is 20.1 Å². The molecule has 0 aliphatic carbocycles. The summed E-state index contributed by atoms with van der Waals surface area (Å²) in [6, 6.07) is 9.67. The maximum Gasteiger partial charge on any atom is 0.296 e. The van der Waals surface area contributed by atoms with Crippen LogP contribution in [0.15, 0.2) is 52.4 Å². The summed E-state index contributed by atoms with van der Waals surface area (Å²) in [5.41, 5.74) is 0.368. The van der Waals surface area contributed by atoms with Crippen LogP contribution in [0.5, 0.6) is 11.5 Å². The molecule has 3 rings (SSSR count). The van der Waals surface area contributed by atoms with Crippen LogP contribution in [0.3, 0.4) is 0 Å². The fourth-order valence-electron chi connectivity index (χ4n) is 2.50. The predicted molar refractivity (Wildman–Crippen MR) is 124 cm³/mol. The van der Waals surface area contributed by atoms with Crippen molar-refractivity contribution in [3.05, 3.63) is 83.8 Å². The highest BCUT2D eigenvalue weighted by Gasteiger charge is 2.15. The van der Waals surface area contributed by atoms with E-state index >= 15 is 0 Å². The topological polar surface area (TPSA) is 108 Å². The number of hydrogen-bond donors (Lipinski definition) is 2. The van der Waals surface area contributed by atoms with Crippen LogP contribution >= 0.6 is 46.4 Å². The minimum atomic E-state index is -0.621. The zero-order chi connectivity index (χ0) is 22.7. The van der Waals surface area contributed by atoms with Gasteiger partial charge in [0.15, 0.2) is 0 Å². The Balaban J connectivity index is 1.95. The molecule has 0 atom stereocenters. The van der Waals surface area contributed by atoms with E-state index in [9.17, 15) is 20.3 Å². The number of nitro benzene ring substituents is 1. The van der Waals surface area contributed by atoms with E-state index in [0.29, 0.717) is 5.02 Å². The molecular formula is C20H11Cl4N3O4. The van der Waals surface area contributed by atoms with Crippen molar-refractivity contribution >= 4 is 75.9 Å². The number of nitro groups is 1. The van der Waals surface area contributed by atoms with Gasteiger partial charge in [0, 0.05) is 39.7 Å². The lowest BCUT2D eigenvalue weighted by Gasteiger charge is -2.04. The number of halogens is 4. The normalized spacial score (nSPS) is 11.5. The molecule has 0 aliphatic rings. The first-order valence-electron chi connectivity index (χ1n) is 8.38. The van der Waals surface area contributed by atoms with Crippen molar-refractivity contribution < 1.29 is 15.1 Å². The number of aliphatic imine (C=N–C) groups is 2. The summed E-state index contributed by atoms with van der Waals surface area (Å²) >= 11 is 23.6. The summed E-state index contributed by atoms with van der Waals surface area (Å²) < 4.78 is 0. The van der Waals surface area contributed by atoms with Crippen LogP contribution in [-0.2, 0) is 0 Å². The van der Waals surface area contributed by atoms with E-state index in [0.717, 1.165) is 0 Å². The second kappa shape index (κ2) is 9.53. The fourth-order valence-corrected chi connectivity index (χ4v) is 3.52. The number of rotatable bonds is 5. The molecule has 0 saturated heterocycles. The van der Waals surface area contributed by atoms with E-state index in [1.807, 2.05) is 0 Å². The summed E-state index contributed by atoms with van der Waals surface area (Å²) in [6.45, 7) is 0. The Morgan fingerprint density at radius 2 is 1.32 bits per heavy atom. The number of hydrogen-bond acceptors (Lipinski definition) is 6. The lowest BCUT2D eigenvalue weighted by molar-refractivity contribution is -0.384. The Bertz CT molecular complexity index is 1250. The minimum Gasteiger partial charge on any atom is -0.506 e. The summed E-state index contributed by atoms with van der Waals surface area (Å²) in [4.78, 5) is 19.1. The monoisotopic (exact) mass is 497 g/mol. The van der Waals surface area contributed by atoms with Gasteiger partial charge in [0.1, 0.15) is 17.2 Å². The molecule has 0 saturated carbocycles. The standard InChI is InChI=1S/C20H11Cl4N3O4/c21-12-3-10(19(28)15(23)5-12)8-25-14-1-2-17(18(7-14)27(30)31)26-9-11-4-13(22)6-16(24)20(11)29/h1-9,28-29H. The van der Waals surface area contributed by atoms with Gasteiger partial charge in [0.2, 0.25) is 0 Å². The van der Waals surface area contributed by atoms with E-state index in [4.69, 9.17) is 46.4 Å². The van der Waals surface area contributed by atoms with Crippen molar-refractivity contribution in [3.63, 3.8) is 0 Å². The quantitative estimate of drug-likeness (QED) is 0.221. The number of nitrogens with zero attached hydrogens (tertiary/aromatic N) is 3. The minimum absolute atomic E-state index is 0.0214. The molecule has 0 heterocycles. The van der Waals surface area contributed by atoms with E-state index in [1.54, 1.807) is 0 Å². The number of phenolic OH excluding ortho intramolecular Hbond substituents is 2. The first kappa shape index (κ1) is 22.8. The molecule has 3 aromatic rings. The summed E-state index contributed by atoms with van der Waals surface area (Å²) in [7, 11) is 0. The Hall–Kier alpha value is -2.84. The molecular weight excluding hydrogens is 488 g/mol. The second-order valence-corrected chi connectivity index (χ2v) is 7.78. The van der Waals surface area contributed by atoms with Gasteiger partial charge in [-0.25, -0.2) is 4.99 Å². The molecule has 0 spiro atoms. The zero-order valence-corrected chi connectivity index (χ0v) is 18.3. The molecule has 158 valence electrons. The van der Waals surface area contributed by atoms with Crippen LogP contribution in [0.25, 0.3) is 0 Å². The van der Waals surface area contributed by atoms with Crippen molar-refractivity contribution in [1.29, 1.82) is 0 Å². The molecule has 0 fully saturated rings. The van der Waals surface area contributed by atoms with Gasteiger partial charge >= 0.3 is 0 Å². The van der Waals surface area contributed by atoms with E-state index < -0.39 is 4.92 Å². The highest BCUT2D eigenvalue weighted by atomic mass is 35.5. The predicted octanol–water partition coefficient (Wildman–Crippen LogP) is 7.12. The van der Waals surface area contributed by atoms with Crippen molar-refractivity contribution in [2.24, 2.45) is 9.98 Å². The average Bonchev–Trinajstić information content (AvgIpc) is 2.71. The highest BCUT2D eigenvalue weighted by Crippen LogP contribution is 2.34. The SMILES string of the molecule is O=[N+]([O-])c1cc(N=Cc2cc(Cl)cc(Cl)c2O)ccc1N=Cc1cc(Cl)cc(Cl)c1O. The maximum absolute atomic E-state index is 11.5. The Morgan fingerprint density at radius 1 is 0.806 bits per heavy atom. The van der Waals surface area contributed by atoms with Crippen LogP contribution in [0.1, 0.15) is 11.1 Å². The average molecular weight is 499 g/mol. The van der Waals surface area contributed by atoms with Crippen LogP contribution in [0.4, 0.5) is 17.1 Å². The molecule has 0 radical (unpaired) electrons. The van der Waals surface area contributed by atoms with Gasteiger partial charge in [-0.1, -0.05) is 46.4 Å². The third-order valence-corrected chi connectivity index (χ3v) is 4.98. The zero-order valence-electron chi connectivity index (χ0n) is 15.3. The van der Waals surface area contributed by atoms with Gasteiger partial charge in [0.05, 0.1) is 20.7 Å². The summed E-state index contributed by atoms with van der Waals surface area (Å²) in [6.07, 6.45) is 2.49. The summed E-state index contributed by atoms with van der Waals surface area (Å²) in [5, 5.41) is 32.1. The van der Waals surface area contributed by atoms with Gasteiger partial charge in [-0.05, 0) is 36.4 Å². The van der Waals surface area contributed by atoms with Crippen molar-refractivity contribution in [3.8, 4) is 11.5 Å². The molecule has 2 N–H and O–H groups in total. The number of phenols is 2. The summed E-state index contributed by atoms with van der Waals surface area (Å²) in [5.74, 6) is -0.468. The first-order chi connectivity index (χ1) is 14.7. The molecule has 0 aliphatic heterocycles. The van der Waals surface area contributed by atoms with Crippen molar-refractivity contribution in [1.82, 2.24) is 0 Å². The number of benzene rings is 3. The van der Waals surface area contributed by atoms with Crippen molar-refractivity contribution in [2.45, 2.75) is 0 Å². The van der Waals surface area contributed by atoms with Gasteiger partial charge in [-0.15, -0.1) is 0 Å². The van der Waals surface area contributed by atoms with Gasteiger partial charge < -0.3 is 10.2 Å². The van der Waals surface area contributed by atoms with Crippen LogP contribution in [0, 0.1) is 10.1 Å². The van der Waals surface area contributed by atoms with Crippen molar-refractivity contribution in [2.75, 3.05) is 0 Å². The maximum atomic E-state index is 11.5. The lowest BCUT2D eigenvalue weighted by atomic mass is 10.2. The van der Waals surface area contributed by atoms with E-state index in [1.165, 1.54) is 54.9 Å². The van der Waals surface area contributed by atoms with Gasteiger partial charge in [-0.2, -0.15) is 0 Å². The highest BCUT2D eigenvalue weighted by molar-refractivity contribution is 6.36. The van der Waals surface area contributed by atoms with Crippen LogP contribution in [-0.4, -0.2) is 27.6 Å². The molecule has 0 bridgehead atoms. The van der Waals surface area contributed by atoms with E-state index in [2.05, 4.69) is 9.98 Å². The lowest BCUT2D eigenvalue weighted by Crippen LogP contribution is -1.90. The molecule has 0 amide bonds. The molecule has 31 heavy (non-hydrogen) atoms.